The number of hydrogen-bond acceptors (Lipinski definition) is 3. The van der Waals surface area contributed by atoms with Crippen LogP contribution in [0.1, 0.15) is 62.9 Å². The van der Waals surface area contributed by atoms with Crippen molar-refractivity contribution in [3.05, 3.63) is 35.4 Å². The molecular formula is C22H33NO3. The number of hydrogen-bond donors (Lipinski definition) is 1. The summed E-state index contributed by atoms with van der Waals surface area (Å²) < 4.78 is 5.42. The Morgan fingerprint density at radius 1 is 1.15 bits per heavy atom. The van der Waals surface area contributed by atoms with Gasteiger partial charge < -0.3 is 10.1 Å². The van der Waals surface area contributed by atoms with E-state index in [1.54, 1.807) is 12.1 Å². The molecule has 0 radical (unpaired) electrons. The number of rotatable bonds is 5. The maximum absolute atomic E-state index is 12.0. The van der Waals surface area contributed by atoms with Crippen LogP contribution in [0, 0.1) is 30.1 Å². The fourth-order valence-corrected chi connectivity index (χ4v) is 4.37. The molecule has 3 saturated carbocycles. The predicted molar refractivity (Wildman–Crippen MR) is 104 cm³/mol. The van der Waals surface area contributed by atoms with Gasteiger partial charge in [-0.05, 0) is 61.5 Å². The summed E-state index contributed by atoms with van der Waals surface area (Å²) in [6, 6.07) is 7.27. The second kappa shape index (κ2) is 8.70. The average Bonchev–Trinajstić information content (AvgIpc) is 2.66. The van der Waals surface area contributed by atoms with Crippen molar-refractivity contribution < 1.29 is 14.3 Å². The van der Waals surface area contributed by atoms with Gasteiger partial charge in [-0.1, -0.05) is 45.4 Å². The van der Waals surface area contributed by atoms with Crippen molar-refractivity contribution in [3.63, 3.8) is 0 Å². The molecule has 3 aliphatic rings. The zero-order valence-corrected chi connectivity index (χ0v) is 16.8. The highest BCUT2D eigenvalue weighted by molar-refractivity contribution is 5.95. The zero-order valence-electron chi connectivity index (χ0n) is 16.8. The summed E-state index contributed by atoms with van der Waals surface area (Å²) >= 11 is 0. The second-order valence-electron chi connectivity index (χ2n) is 7.93. The molecule has 4 nitrogen and oxygen atoms in total. The highest BCUT2D eigenvalue weighted by atomic mass is 16.5. The van der Waals surface area contributed by atoms with E-state index in [1.807, 2.05) is 32.9 Å². The van der Waals surface area contributed by atoms with E-state index < -0.39 is 0 Å². The predicted octanol–water partition coefficient (Wildman–Crippen LogP) is 4.37. The Balaban J connectivity index is 0.00000117. The third kappa shape index (κ3) is 4.46. The van der Waals surface area contributed by atoms with Crippen molar-refractivity contribution in [2.45, 2.75) is 53.9 Å². The van der Waals surface area contributed by atoms with Gasteiger partial charge in [0, 0.05) is 5.56 Å². The Morgan fingerprint density at radius 3 is 2.38 bits per heavy atom. The zero-order chi connectivity index (χ0) is 19.3. The van der Waals surface area contributed by atoms with Gasteiger partial charge in [0.05, 0.1) is 6.61 Å². The first kappa shape index (κ1) is 20.5. The molecule has 3 unspecified atom stereocenters. The molecule has 0 aliphatic heterocycles. The SMILES string of the molecule is CC.Cc1ccc(C(=O)NCC(=O)OCC2CCC3CC2C3(C)C)cc1. The summed E-state index contributed by atoms with van der Waals surface area (Å²) in [6.07, 6.45) is 3.68. The number of aryl methyl sites for hydroxylation is 1. The van der Waals surface area contributed by atoms with Crippen LogP contribution in [0.5, 0.6) is 0 Å². The Labute approximate surface area is 157 Å². The third-order valence-corrected chi connectivity index (χ3v) is 6.17. The first-order chi connectivity index (χ1) is 12.4. The van der Waals surface area contributed by atoms with E-state index in [0.29, 0.717) is 29.4 Å². The van der Waals surface area contributed by atoms with E-state index in [9.17, 15) is 9.59 Å². The number of benzene rings is 1. The van der Waals surface area contributed by atoms with Crippen LogP contribution in [0.4, 0.5) is 0 Å². The number of carbonyl (C=O) groups excluding carboxylic acids is 2. The van der Waals surface area contributed by atoms with Gasteiger partial charge in [0.2, 0.25) is 0 Å². The van der Waals surface area contributed by atoms with Crippen molar-refractivity contribution in [3.8, 4) is 0 Å². The monoisotopic (exact) mass is 359 g/mol. The molecular weight excluding hydrogens is 326 g/mol. The van der Waals surface area contributed by atoms with Crippen LogP contribution in [-0.4, -0.2) is 25.0 Å². The van der Waals surface area contributed by atoms with Crippen LogP contribution in [0.3, 0.4) is 0 Å². The van der Waals surface area contributed by atoms with Gasteiger partial charge in [-0.3, -0.25) is 9.59 Å². The molecule has 144 valence electrons. The summed E-state index contributed by atoms with van der Waals surface area (Å²) in [4.78, 5) is 23.9. The summed E-state index contributed by atoms with van der Waals surface area (Å²) in [5, 5.41) is 2.63. The first-order valence-electron chi connectivity index (χ1n) is 9.88. The standard InChI is InChI=1S/C20H27NO3.C2H6/c1-13-4-6-14(7-5-13)19(23)21-11-18(22)24-12-15-8-9-16-10-17(15)20(16,2)3;1-2/h4-7,15-17H,8-12H2,1-3H3,(H,21,23);1-2H3. The van der Waals surface area contributed by atoms with E-state index in [4.69, 9.17) is 4.74 Å². The van der Waals surface area contributed by atoms with Gasteiger partial charge in [-0.2, -0.15) is 0 Å². The Morgan fingerprint density at radius 2 is 1.81 bits per heavy atom. The topological polar surface area (TPSA) is 55.4 Å². The van der Waals surface area contributed by atoms with Crippen LogP contribution in [0.25, 0.3) is 0 Å². The quantitative estimate of drug-likeness (QED) is 0.795. The number of nitrogens with one attached hydrogen (secondary N) is 1. The van der Waals surface area contributed by atoms with Crippen molar-refractivity contribution in [2.75, 3.05) is 13.2 Å². The molecule has 2 bridgehead atoms. The number of fused-ring (bicyclic) bond motifs is 2. The van der Waals surface area contributed by atoms with Gasteiger partial charge >= 0.3 is 5.97 Å². The normalized spacial score (nSPS) is 25.2. The number of amides is 1. The lowest BCUT2D eigenvalue weighted by atomic mass is 9.46. The smallest absolute Gasteiger partial charge is 0.325 e. The van der Waals surface area contributed by atoms with E-state index in [2.05, 4.69) is 19.2 Å². The van der Waals surface area contributed by atoms with Crippen molar-refractivity contribution >= 4 is 11.9 Å². The number of esters is 1. The summed E-state index contributed by atoms with van der Waals surface area (Å²) in [5.74, 6) is 1.40. The molecule has 3 fully saturated rings. The van der Waals surface area contributed by atoms with Crippen LogP contribution in [0.2, 0.25) is 0 Å². The van der Waals surface area contributed by atoms with Crippen molar-refractivity contribution in [1.82, 2.24) is 5.32 Å². The maximum Gasteiger partial charge on any atom is 0.325 e. The molecule has 1 aromatic rings. The van der Waals surface area contributed by atoms with E-state index in [0.717, 1.165) is 17.9 Å². The average molecular weight is 360 g/mol. The molecule has 1 N–H and O–H groups in total. The molecule has 0 spiro atoms. The summed E-state index contributed by atoms with van der Waals surface area (Å²) in [7, 11) is 0. The van der Waals surface area contributed by atoms with Gasteiger partial charge in [-0.15, -0.1) is 0 Å². The van der Waals surface area contributed by atoms with Crippen molar-refractivity contribution in [2.24, 2.45) is 23.2 Å². The molecule has 0 heterocycles. The lowest BCUT2D eigenvalue weighted by Gasteiger charge is -2.60. The molecule has 4 heteroatoms. The molecule has 3 aliphatic carbocycles. The molecule has 1 aromatic carbocycles. The second-order valence-corrected chi connectivity index (χ2v) is 7.93. The number of ether oxygens (including phenoxy) is 1. The lowest BCUT2D eigenvalue weighted by Crippen LogP contribution is -2.53. The summed E-state index contributed by atoms with van der Waals surface area (Å²) in [6.45, 7) is 11.1. The highest BCUT2D eigenvalue weighted by Crippen LogP contribution is 2.61. The van der Waals surface area contributed by atoms with Crippen LogP contribution >= 0.6 is 0 Å². The molecule has 1 amide bonds. The van der Waals surface area contributed by atoms with Crippen molar-refractivity contribution in [1.29, 1.82) is 0 Å². The third-order valence-electron chi connectivity index (χ3n) is 6.17. The lowest BCUT2D eigenvalue weighted by molar-refractivity contribution is -0.154. The Bertz CT molecular complexity index is 619. The largest absolute Gasteiger partial charge is 0.464 e. The molecule has 3 atom stereocenters. The fraction of sp³-hybridized carbons (Fsp3) is 0.636. The first-order valence-corrected chi connectivity index (χ1v) is 9.88. The van der Waals surface area contributed by atoms with Crippen LogP contribution in [-0.2, 0) is 9.53 Å². The van der Waals surface area contributed by atoms with Crippen LogP contribution in [0.15, 0.2) is 24.3 Å². The van der Waals surface area contributed by atoms with Gasteiger partial charge in [0.1, 0.15) is 6.54 Å². The van der Waals surface area contributed by atoms with E-state index in [-0.39, 0.29) is 18.4 Å². The Kier molecular flexibility index (Phi) is 6.85. The highest BCUT2D eigenvalue weighted by Gasteiger charge is 2.54. The number of carbonyl (C=O) groups is 2. The van der Waals surface area contributed by atoms with Gasteiger partial charge in [0.15, 0.2) is 0 Å². The van der Waals surface area contributed by atoms with Crippen LogP contribution < -0.4 is 5.32 Å². The van der Waals surface area contributed by atoms with E-state index >= 15 is 0 Å². The molecule has 26 heavy (non-hydrogen) atoms. The minimum Gasteiger partial charge on any atom is -0.464 e. The summed E-state index contributed by atoms with van der Waals surface area (Å²) in [5.41, 5.74) is 2.05. The van der Waals surface area contributed by atoms with E-state index in [1.165, 1.54) is 12.8 Å². The Hall–Kier alpha value is -1.84. The van der Waals surface area contributed by atoms with Gasteiger partial charge in [-0.25, -0.2) is 0 Å². The molecule has 4 rings (SSSR count). The fourth-order valence-electron chi connectivity index (χ4n) is 4.37. The van der Waals surface area contributed by atoms with Gasteiger partial charge in [0.25, 0.3) is 5.91 Å². The minimum absolute atomic E-state index is 0.0733. The minimum atomic E-state index is -0.352. The molecule has 0 saturated heterocycles. The maximum atomic E-state index is 12.0. The molecule has 0 aromatic heterocycles.